The standard InChI is InChI=1S/C13H18O2/c1-4-7-11-8-6-9-12(10-11)15-13(5-2)14-3/h4,6,8-10,13H,1,5,7H2,2-3H3. The molecule has 82 valence electrons. The lowest BCUT2D eigenvalue weighted by Gasteiger charge is -2.15. The van der Waals surface area contributed by atoms with Crippen LogP contribution in [-0.2, 0) is 11.2 Å². The van der Waals surface area contributed by atoms with Gasteiger partial charge in [0.1, 0.15) is 5.75 Å². The maximum absolute atomic E-state index is 5.64. The predicted molar refractivity (Wildman–Crippen MR) is 62.1 cm³/mol. The van der Waals surface area contributed by atoms with Crippen LogP contribution in [0.3, 0.4) is 0 Å². The normalized spacial score (nSPS) is 12.1. The lowest BCUT2D eigenvalue weighted by Crippen LogP contribution is -2.17. The van der Waals surface area contributed by atoms with Crippen molar-refractivity contribution in [1.29, 1.82) is 0 Å². The Kier molecular flexibility index (Phi) is 4.91. The second kappa shape index (κ2) is 6.25. The molecule has 0 aliphatic carbocycles. The SMILES string of the molecule is C=CCc1cccc(OC(CC)OC)c1. The summed E-state index contributed by atoms with van der Waals surface area (Å²) in [4.78, 5) is 0. The van der Waals surface area contributed by atoms with Crippen LogP contribution in [0.15, 0.2) is 36.9 Å². The first-order chi connectivity index (χ1) is 7.30. The van der Waals surface area contributed by atoms with Gasteiger partial charge in [-0.25, -0.2) is 0 Å². The smallest absolute Gasteiger partial charge is 0.199 e. The van der Waals surface area contributed by atoms with E-state index in [1.165, 1.54) is 5.56 Å². The van der Waals surface area contributed by atoms with Crippen LogP contribution in [0.5, 0.6) is 5.75 Å². The third-order valence-electron chi connectivity index (χ3n) is 2.14. The molecule has 0 aromatic heterocycles. The van der Waals surface area contributed by atoms with Gasteiger partial charge in [-0.2, -0.15) is 0 Å². The van der Waals surface area contributed by atoms with Gasteiger partial charge < -0.3 is 9.47 Å². The average Bonchev–Trinajstić information content (AvgIpc) is 2.27. The summed E-state index contributed by atoms with van der Waals surface area (Å²) in [6.45, 7) is 5.74. The molecule has 1 atom stereocenters. The molecule has 0 heterocycles. The molecule has 0 fully saturated rings. The van der Waals surface area contributed by atoms with Crippen molar-refractivity contribution in [3.8, 4) is 5.75 Å². The number of benzene rings is 1. The lowest BCUT2D eigenvalue weighted by molar-refractivity contribution is -0.0548. The first-order valence-corrected chi connectivity index (χ1v) is 5.19. The van der Waals surface area contributed by atoms with Gasteiger partial charge in [-0.15, -0.1) is 6.58 Å². The van der Waals surface area contributed by atoms with Crippen LogP contribution in [-0.4, -0.2) is 13.4 Å². The predicted octanol–water partition coefficient (Wildman–Crippen LogP) is 3.18. The van der Waals surface area contributed by atoms with E-state index >= 15 is 0 Å². The molecule has 0 spiro atoms. The molecule has 0 aliphatic rings. The number of rotatable bonds is 6. The Morgan fingerprint density at radius 2 is 2.27 bits per heavy atom. The van der Waals surface area contributed by atoms with Gasteiger partial charge in [0.05, 0.1) is 0 Å². The molecular formula is C13H18O2. The Morgan fingerprint density at radius 3 is 2.87 bits per heavy atom. The van der Waals surface area contributed by atoms with Crippen LogP contribution in [0.4, 0.5) is 0 Å². The minimum absolute atomic E-state index is 0.163. The fourth-order valence-electron chi connectivity index (χ4n) is 1.36. The summed E-state index contributed by atoms with van der Waals surface area (Å²) in [6.07, 6.45) is 3.42. The Hall–Kier alpha value is -1.28. The third kappa shape index (κ3) is 3.76. The number of hydrogen-bond acceptors (Lipinski definition) is 2. The molecule has 1 rings (SSSR count). The molecule has 2 nitrogen and oxygen atoms in total. The summed E-state index contributed by atoms with van der Waals surface area (Å²) in [6, 6.07) is 8.00. The van der Waals surface area contributed by atoms with Crippen molar-refractivity contribution in [1.82, 2.24) is 0 Å². The van der Waals surface area contributed by atoms with Crippen LogP contribution in [0.1, 0.15) is 18.9 Å². The monoisotopic (exact) mass is 206 g/mol. The van der Waals surface area contributed by atoms with E-state index in [1.54, 1.807) is 7.11 Å². The minimum Gasteiger partial charge on any atom is -0.465 e. The second-order valence-corrected chi connectivity index (χ2v) is 3.33. The van der Waals surface area contributed by atoms with Crippen LogP contribution < -0.4 is 4.74 Å². The van der Waals surface area contributed by atoms with Crippen molar-refractivity contribution in [2.75, 3.05) is 7.11 Å². The van der Waals surface area contributed by atoms with E-state index in [1.807, 2.05) is 31.2 Å². The zero-order valence-corrected chi connectivity index (χ0v) is 9.40. The molecular weight excluding hydrogens is 188 g/mol. The first-order valence-electron chi connectivity index (χ1n) is 5.19. The minimum atomic E-state index is -0.163. The van der Waals surface area contributed by atoms with Crippen LogP contribution in [0, 0.1) is 0 Å². The zero-order valence-electron chi connectivity index (χ0n) is 9.40. The molecule has 0 radical (unpaired) electrons. The zero-order chi connectivity index (χ0) is 11.1. The van der Waals surface area contributed by atoms with Gasteiger partial charge in [0.2, 0.25) is 0 Å². The summed E-state index contributed by atoms with van der Waals surface area (Å²) < 4.78 is 10.8. The van der Waals surface area contributed by atoms with Gasteiger partial charge >= 0.3 is 0 Å². The van der Waals surface area contributed by atoms with E-state index in [2.05, 4.69) is 12.6 Å². The summed E-state index contributed by atoms with van der Waals surface area (Å²) in [7, 11) is 1.65. The van der Waals surface area contributed by atoms with Gasteiger partial charge in [0.15, 0.2) is 6.29 Å². The fraction of sp³-hybridized carbons (Fsp3) is 0.385. The summed E-state index contributed by atoms with van der Waals surface area (Å²) in [5.74, 6) is 0.850. The first kappa shape index (κ1) is 11.8. The fourth-order valence-corrected chi connectivity index (χ4v) is 1.36. The topological polar surface area (TPSA) is 18.5 Å². The Balaban J connectivity index is 2.67. The molecule has 0 N–H and O–H groups in total. The van der Waals surface area contributed by atoms with Crippen molar-refractivity contribution in [3.05, 3.63) is 42.5 Å². The van der Waals surface area contributed by atoms with Crippen molar-refractivity contribution >= 4 is 0 Å². The third-order valence-corrected chi connectivity index (χ3v) is 2.14. The van der Waals surface area contributed by atoms with Crippen LogP contribution >= 0.6 is 0 Å². The van der Waals surface area contributed by atoms with Gasteiger partial charge in [-0.05, 0) is 24.1 Å². The highest BCUT2D eigenvalue weighted by Gasteiger charge is 2.05. The van der Waals surface area contributed by atoms with E-state index in [4.69, 9.17) is 9.47 Å². The molecule has 0 saturated heterocycles. The van der Waals surface area contributed by atoms with Gasteiger partial charge in [-0.1, -0.05) is 25.1 Å². The maximum Gasteiger partial charge on any atom is 0.199 e. The number of allylic oxidation sites excluding steroid dienone is 1. The molecule has 0 amide bonds. The van der Waals surface area contributed by atoms with E-state index < -0.39 is 0 Å². The molecule has 0 bridgehead atoms. The van der Waals surface area contributed by atoms with Crippen LogP contribution in [0.2, 0.25) is 0 Å². The van der Waals surface area contributed by atoms with E-state index in [0.29, 0.717) is 0 Å². The number of ether oxygens (including phenoxy) is 2. The summed E-state index contributed by atoms with van der Waals surface area (Å²) in [5, 5.41) is 0. The highest BCUT2D eigenvalue weighted by Crippen LogP contribution is 2.16. The highest BCUT2D eigenvalue weighted by atomic mass is 16.7. The quantitative estimate of drug-likeness (QED) is 0.525. The molecule has 0 aliphatic heterocycles. The Labute approximate surface area is 91.5 Å². The van der Waals surface area contributed by atoms with Crippen LogP contribution in [0.25, 0.3) is 0 Å². The molecule has 1 aromatic carbocycles. The molecule has 2 heteroatoms. The van der Waals surface area contributed by atoms with Crippen molar-refractivity contribution in [3.63, 3.8) is 0 Å². The molecule has 15 heavy (non-hydrogen) atoms. The molecule has 0 saturated carbocycles. The molecule has 1 aromatic rings. The number of hydrogen-bond donors (Lipinski definition) is 0. The summed E-state index contributed by atoms with van der Waals surface area (Å²) in [5.41, 5.74) is 1.20. The largest absolute Gasteiger partial charge is 0.465 e. The molecule has 1 unspecified atom stereocenters. The average molecular weight is 206 g/mol. The van der Waals surface area contributed by atoms with Crippen molar-refractivity contribution in [2.45, 2.75) is 26.1 Å². The maximum atomic E-state index is 5.64. The second-order valence-electron chi connectivity index (χ2n) is 3.33. The number of methoxy groups -OCH3 is 1. The lowest BCUT2D eigenvalue weighted by atomic mass is 10.1. The van der Waals surface area contributed by atoms with Crippen molar-refractivity contribution in [2.24, 2.45) is 0 Å². The van der Waals surface area contributed by atoms with Crippen molar-refractivity contribution < 1.29 is 9.47 Å². The van der Waals surface area contributed by atoms with E-state index in [9.17, 15) is 0 Å². The summed E-state index contributed by atoms with van der Waals surface area (Å²) >= 11 is 0. The van der Waals surface area contributed by atoms with Gasteiger partial charge in [0, 0.05) is 13.5 Å². The van der Waals surface area contributed by atoms with Gasteiger partial charge in [0.25, 0.3) is 0 Å². The Morgan fingerprint density at radius 1 is 1.47 bits per heavy atom. The van der Waals surface area contributed by atoms with E-state index in [0.717, 1.165) is 18.6 Å². The van der Waals surface area contributed by atoms with Gasteiger partial charge in [-0.3, -0.25) is 0 Å². The highest BCUT2D eigenvalue weighted by molar-refractivity contribution is 5.29. The Bertz CT molecular complexity index is 303. The van der Waals surface area contributed by atoms with E-state index in [-0.39, 0.29) is 6.29 Å².